The molecule has 0 radical (unpaired) electrons. The van der Waals surface area contributed by atoms with Gasteiger partial charge < -0.3 is 5.11 Å². The molecule has 88 valence electrons. The Morgan fingerprint density at radius 1 is 1.44 bits per heavy atom. The van der Waals surface area contributed by atoms with Crippen LogP contribution in [-0.4, -0.2) is 22.1 Å². The Hall–Kier alpha value is -1.09. The zero-order valence-electron chi connectivity index (χ0n) is 9.83. The summed E-state index contributed by atoms with van der Waals surface area (Å²) in [6, 6.07) is 4.72. The van der Waals surface area contributed by atoms with Gasteiger partial charge in [0, 0.05) is 17.6 Å². The predicted molar refractivity (Wildman–Crippen MR) is 61.8 cm³/mol. The Morgan fingerprint density at radius 2 is 2.19 bits per heavy atom. The van der Waals surface area contributed by atoms with E-state index in [1.54, 1.807) is 12.1 Å². The molecule has 1 fully saturated rings. The molecule has 1 N–H and O–H groups in total. The van der Waals surface area contributed by atoms with Crippen LogP contribution in [-0.2, 0) is 6.54 Å². The number of likely N-dealkylation sites (tertiary alicyclic amines) is 1. The lowest BCUT2D eigenvalue weighted by molar-refractivity contribution is 0.164. The van der Waals surface area contributed by atoms with Crippen molar-refractivity contribution < 1.29 is 9.50 Å². The minimum atomic E-state index is -0.533. The number of benzene rings is 1. The number of aromatic hydroxyl groups is 1. The van der Waals surface area contributed by atoms with Gasteiger partial charge in [-0.2, -0.15) is 0 Å². The third-order valence-electron chi connectivity index (χ3n) is 3.50. The van der Waals surface area contributed by atoms with Crippen molar-refractivity contribution >= 4 is 0 Å². The molecule has 1 saturated heterocycles. The molecule has 3 heteroatoms. The molecular formula is C13H18FNO. The summed E-state index contributed by atoms with van der Waals surface area (Å²) in [6.45, 7) is 6.02. The van der Waals surface area contributed by atoms with E-state index >= 15 is 0 Å². The number of phenols is 1. The molecule has 0 atom stereocenters. The van der Waals surface area contributed by atoms with Gasteiger partial charge in [0.2, 0.25) is 0 Å². The fraction of sp³-hybridized carbons (Fsp3) is 0.538. The van der Waals surface area contributed by atoms with Crippen LogP contribution in [0.4, 0.5) is 4.39 Å². The Kier molecular flexibility index (Phi) is 2.89. The summed E-state index contributed by atoms with van der Waals surface area (Å²) in [5.41, 5.74) is 0.827. The SMILES string of the molecule is CC1(C)CCCN1Cc1cccc(F)c1O. The van der Waals surface area contributed by atoms with Gasteiger partial charge in [-0.05, 0) is 39.3 Å². The van der Waals surface area contributed by atoms with Crippen LogP contribution in [0.3, 0.4) is 0 Å². The van der Waals surface area contributed by atoms with E-state index in [2.05, 4.69) is 18.7 Å². The number of phenolic OH excluding ortho intramolecular Hbond substituents is 1. The second-order valence-electron chi connectivity index (χ2n) is 5.09. The van der Waals surface area contributed by atoms with Gasteiger partial charge in [-0.15, -0.1) is 0 Å². The van der Waals surface area contributed by atoms with Gasteiger partial charge in [-0.25, -0.2) is 4.39 Å². The third-order valence-corrected chi connectivity index (χ3v) is 3.50. The fourth-order valence-corrected chi connectivity index (χ4v) is 2.35. The molecule has 0 unspecified atom stereocenters. The molecule has 0 bridgehead atoms. The molecular weight excluding hydrogens is 205 g/mol. The van der Waals surface area contributed by atoms with Crippen molar-refractivity contribution in [1.29, 1.82) is 0 Å². The number of nitrogens with zero attached hydrogens (tertiary/aromatic N) is 1. The first-order chi connectivity index (χ1) is 7.50. The van der Waals surface area contributed by atoms with Gasteiger partial charge in [-0.3, -0.25) is 4.90 Å². The van der Waals surface area contributed by atoms with E-state index in [0.717, 1.165) is 13.0 Å². The van der Waals surface area contributed by atoms with E-state index in [4.69, 9.17) is 0 Å². The lowest BCUT2D eigenvalue weighted by Crippen LogP contribution is -2.37. The molecule has 0 aromatic heterocycles. The van der Waals surface area contributed by atoms with Gasteiger partial charge in [0.05, 0.1) is 0 Å². The van der Waals surface area contributed by atoms with Crippen molar-refractivity contribution in [2.24, 2.45) is 0 Å². The molecule has 1 aromatic rings. The first-order valence-electron chi connectivity index (χ1n) is 5.72. The topological polar surface area (TPSA) is 23.5 Å². The zero-order chi connectivity index (χ0) is 11.8. The maximum atomic E-state index is 13.2. The zero-order valence-corrected chi connectivity index (χ0v) is 9.83. The van der Waals surface area contributed by atoms with Crippen LogP contribution in [0.15, 0.2) is 18.2 Å². The van der Waals surface area contributed by atoms with Crippen molar-refractivity contribution in [3.05, 3.63) is 29.6 Å². The molecule has 0 saturated carbocycles. The van der Waals surface area contributed by atoms with Gasteiger partial charge in [0.25, 0.3) is 0 Å². The van der Waals surface area contributed by atoms with Crippen LogP contribution < -0.4 is 0 Å². The van der Waals surface area contributed by atoms with E-state index in [-0.39, 0.29) is 11.3 Å². The minimum Gasteiger partial charge on any atom is -0.505 e. The normalized spacial score (nSPS) is 20.2. The highest BCUT2D eigenvalue weighted by Gasteiger charge is 2.32. The Morgan fingerprint density at radius 3 is 2.81 bits per heavy atom. The molecule has 0 spiro atoms. The molecule has 0 amide bonds. The first kappa shape index (κ1) is 11.4. The largest absolute Gasteiger partial charge is 0.505 e. The highest BCUT2D eigenvalue weighted by atomic mass is 19.1. The van der Waals surface area contributed by atoms with Crippen LogP contribution in [0.1, 0.15) is 32.3 Å². The standard InChI is InChI=1S/C13H18FNO/c1-13(2)7-4-8-15(13)9-10-5-3-6-11(14)12(10)16/h3,5-6,16H,4,7-9H2,1-2H3. The summed E-state index contributed by atoms with van der Waals surface area (Å²) in [5, 5.41) is 9.63. The number of hydrogen-bond donors (Lipinski definition) is 1. The van der Waals surface area contributed by atoms with Gasteiger partial charge in [-0.1, -0.05) is 12.1 Å². The van der Waals surface area contributed by atoms with Gasteiger partial charge in [0.1, 0.15) is 0 Å². The van der Waals surface area contributed by atoms with E-state index < -0.39 is 5.82 Å². The highest BCUT2D eigenvalue weighted by molar-refractivity contribution is 5.33. The van der Waals surface area contributed by atoms with Crippen molar-refractivity contribution in [3.8, 4) is 5.75 Å². The van der Waals surface area contributed by atoms with E-state index in [0.29, 0.717) is 12.1 Å². The average Bonchev–Trinajstić information content (AvgIpc) is 2.54. The number of rotatable bonds is 2. The van der Waals surface area contributed by atoms with Crippen LogP contribution in [0, 0.1) is 5.82 Å². The molecule has 16 heavy (non-hydrogen) atoms. The molecule has 1 heterocycles. The van der Waals surface area contributed by atoms with Crippen molar-refractivity contribution in [3.63, 3.8) is 0 Å². The summed E-state index contributed by atoms with van der Waals surface area (Å²) in [7, 11) is 0. The third kappa shape index (κ3) is 2.05. The van der Waals surface area contributed by atoms with Crippen molar-refractivity contribution in [1.82, 2.24) is 4.90 Å². The van der Waals surface area contributed by atoms with Crippen molar-refractivity contribution in [2.45, 2.75) is 38.8 Å². The Balaban J connectivity index is 2.18. The van der Waals surface area contributed by atoms with Crippen LogP contribution in [0.25, 0.3) is 0 Å². The second-order valence-corrected chi connectivity index (χ2v) is 5.09. The molecule has 2 nitrogen and oxygen atoms in total. The van der Waals surface area contributed by atoms with E-state index in [9.17, 15) is 9.50 Å². The number of para-hydroxylation sites is 1. The number of halogens is 1. The second kappa shape index (κ2) is 4.06. The predicted octanol–water partition coefficient (Wildman–Crippen LogP) is 2.91. The summed E-state index contributed by atoms with van der Waals surface area (Å²) >= 11 is 0. The molecule has 1 aliphatic rings. The van der Waals surface area contributed by atoms with Crippen LogP contribution >= 0.6 is 0 Å². The highest BCUT2D eigenvalue weighted by Crippen LogP contribution is 2.32. The first-order valence-corrected chi connectivity index (χ1v) is 5.72. The molecule has 0 aliphatic carbocycles. The maximum Gasteiger partial charge on any atom is 0.165 e. The summed E-state index contributed by atoms with van der Waals surface area (Å²) in [6.07, 6.45) is 2.33. The monoisotopic (exact) mass is 223 g/mol. The summed E-state index contributed by atoms with van der Waals surface area (Å²) < 4.78 is 13.2. The quantitative estimate of drug-likeness (QED) is 0.833. The van der Waals surface area contributed by atoms with Crippen LogP contribution in [0.2, 0.25) is 0 Å². The summed E-state index contributed by atoms with van der Waals surface area (Å²) in [4.78, 5) is 2.29. The minimum absolute atomic E-state index is 0.152. The fourth-order valence-electron chi connectivity index (χ4n) is 2.35. The summed E-state index contributed by atoms with van der Waals surface area (Å²) in [5.74, 6) is -0.736. The van der Waals surface area contributed by atoms with E-state index in [1.807, 2.05) is 0 Å². The van der Waals surface area contributed by atoms with Gasteiger partial charge in [0.15, 0.2) is 11.6 Å². The number of hydrogen-bond acceptors (Lipinski definition) is 2. The smallest absolute Gasteiger partial charge is 0.165 e. The molecule has 2 rings (SSSR count). The lowest BCUT2D eigenvalue weighted by atomic mass is 10.0. The van der Waals surface area contributed by atoms with Crippen molar-refractivity contribution in [2.75, 3.05) is 6.54 Å². The maximum absolute atomic E-state index is 13.2. The molecule has 1 aromatic carbocycles. The average molecular weight is 223 g/mol. The van der Waals surface area contributed by atoms with Crippen LogP contribution in [0.5, 0.6) is 5.75 Å². The molecule has 1 aliphatic heterocycles. The Labute approximate surface area is 95.7 Å². The Bertz CT molecular complexity index is 390. The lowest BCUT2D eigenvalue weighted by Gasteiger charge is -2.31. The van der Waals surface area contributed by atoms with Gasteiger partial charge >= 0.3 is 0 Å². The van der Waals surface area contributed by atoms with E-state index in [1.165, 1.54) is 12.5 Å².